The van der Waals surface area contributed by atoms with Crippen LogP contribution >= 0.6 is 0 Å². The first-order valence-corrected chi connectivity index (χ1v) is 3.19. The molecule has 0 aromatic rings. The highest BCUT2D eigenvalue weighted by atomic mass is 15.6. The second-order valence-corrected chi connectivity index (χ2v) is 2.57. The molecule has 0 spiro atoms. The van der Waals surface area contributed by atoms with Crippen LogP contribution in [0.4, 0.5) is 0 Å². The molecule has 54 valence electrons. The molecule has 3 N–H and O–H groups in total. The van der Waals surface area contributed by atoms with Gasteiger partial charge in [0, 0.05) is 7.12 Å². The van der Waals surface area contributed by atoms with Gasteiger partial charge in [0.2, 0.25) is 0 Å². The molecular formula is C6H15N3. The maximum Gasteiger partial charge on any atom is 0.0505 e. The van der Waals surface area contributed by atoms with Crippen LogP contribution in [-0.4, -0.2) is 0 Å². The van der Waals surface area contributed by atoms with Crippen LogP contribution in [0.15, 0.2) is 11.4 Å². The monoisotopic (exact) mass is 129 g/mol. The molecule has 1 rings (SSSR count). The quantitative estimate of drug-likeness (QED) is 0.488. The molecule has 0 amide bonds. The third-order valence-electron chi connectivity index (χ3n) is 1.43. The van der Waals surface area contributed by atoms with Crippen molar-refractivity contribution in [1.82, 2.24) is 16.4 Å². The highest BCUT2D eigenvalue weighted by molar-refractivity contribution is 5.12. The Kier molecular flexibility index (Phi) is 1.62. The SMILES string of the molecule is CC1=C(C(C)C)NNN1.[HH]. The van der Waals surface area contributed by atoms with E-state index in [1.54, 1.807) is 0 Å². The zero-order valence-electron chi connectivity index (χ0n) is 6.08. The molecule has 3 heteroatoms. The zero-order chi connectivity index (χ0) is 6.85. The third kappa shape index (κ3) is 1.16. The predicted octanol–water partition coefficient (Wildman–Crippen LogP) is 0.732. The maximum atomic E-state index is 3.02. The van der Waals surface area contributed by atoms with E-state index < -0.39 is 0 Å². The molecule has 3 nitrogen and oxygen atoms in total. The Hall–Kier alpha value is -0.700. The normalized spacial score (nSPS) is 18.2. The molecule has 1 aliphatic rings. The van der Waals surface area contributed by atoms with Gasteiger partial charge in [0.05, 0.1) is 5.70 Å². The average Bonchev–Trinajstić information content (AvgIpc) is 2.13. The molecule has 0 unspecified atom stereocenters. The van der Waals surface area contributed by atoms with Crippen molar-refractivity contribution in [3.8, 4) is 0 Å². The van der Waals surface area contributed by atoms with E-state index in [1.807, 2.05) is 6.92 Å². The minimum Gasteiger partial charge on any atom is -0.307 e. The first-order chi connectivity index (χ1) is 4.22. The molecule has 0 atom stereocenters. The Morgan fingerprint density at radius 3 is 2.22 bits per heavy atom. The van der Waals surface area contributed by atoms with Crippen molar-refractivity contribution >= 4 is 0 Å². The van der Waals surface area contributed by atoms with Crippen LogP contribution < -0.4 is 16.4 Å². The Morgan fingerprint density at radius 2 is 2.00 bits per heavy atom. The van der Waals surface area contributed by atoms with Crippen molar-refractivity contribution in [2.75, 3.05) is 0 Å². The molecular weight excluding hydrogens is 114 g/mol. The van der Waals surface area contributed by atoms with E-state index in [0.29, 0.717) is 5.92 Å². The van der Waals surface area contributed by atoms with Gasteiger partial charge in [-0.2, -0.15) is 5.53 Å². The second kappa shape index (κ2) is 2.27. The Bertz CT molecular complexity index is 142. The fourth-order valence-corrected chi connectivity index (χ4v) is 0.931. The van der Waals surface area contributed by atoms with Gasteiger partial charge >= 0.3 is 0 Å². The molecule has 1 aliphatic heterocycles. The summed E-state index contributed by atoms with van der Waals surface area (Å²) in [5.74, 6) is 0.562. The van der Waals surface area contributed by atoms with Crippen LogP contribution in [0.5, 0.6) is 0 Å². The Morgan fingerprint density at radius 1 is 1.33 bits per heavy atom. The van der Waals surface area contributed by atoms with Gasteiger partial charge in [0.15, 0.2) is 0 Å². The smallest absolute Gasteiger partial charge is 0.0505 e. The van der Waals surface area contributed by atoms with Gasteiger partial charge in [0.1, 0.15) is 0 Å². The highest BCUT2D eigenvalue weighted by Gasteiger charge is 2.10. The molecule has 1 heterocycles. The minimum atomic E-state index is 0. The van der Waals surface area contributed by atoms with Gasteiger partial charge in [-0.05, 0) is 12.8 Å². The van der Waals surface area contributed by atoms with Crippen molar-refractivity contribution in [2.45, 2.75) is 20.8 Å². The molecule has 9 heavy (non-hydrogen) atoms. The van der Waals surface area contributed by atoms with E-state index in [2.05, 4.69) is 30.2 Å². The summed E-state index contributed by atoms with van der Waals surface area (Å²) in [5.41, 5.74) is 11.3. The molecule has 0 bridgehead atoms. The lowest BCUT2D eigenvalue weighted by molar-refractivity contribution is 0.560. The summed E-state index contributed by atoms with van der Waals surface area (Å²) < 4.78 is 0. The molecule has 0 aromatic carbocycles. The zero-order valence-corrected chi connectivity index (χ0v) is 6.08. The lowest BCUT2D eigenvalue weighted by atomic mass is 10.1. The average molecular weight is 129 g/mol. The fraction of sp³-hybridized carbons (Fsp3) is 0.667. The van der Waals surface area contributed by atoms with Crippen LogP contribution in [0.3, 0.4) is 0 Å². The van der Waals surface area contributed by atoms with Gasteiger partial charge in [0.25, 0.3) is 0 Å². The number of allylic oxidation sites excluding steroid dienone is 2. The van der Waals surface area contributed by atoms with Crippen LogP contribution in [0, 0.1) is 5.92 Å². The van der Waals surface area contributed by atoms with E-state index in [4.69, 9.17) is 0 Å². The summed E-state index contributed by atoms with van der Waals surface area (Å²) in [7, 11) is 0. The highest BCUT2D eigenvalue weighted by Crippen LogP contribution is 2.10. The van der Waals surface area contributed by atoms with Crippen LogP contribution in [0.2, 0.25) is 0 Å². The summed E-state index contributed by atoms with van der Waals surface area (Å²) in [6.07, 6.45) is 0. The maximum absolute atomic E-state index is 3.02. The summed E-state index contributed by atoms with van der Waals surface area (Å²) in [5, 5.41) is 0. The molecule has 0 saturated heterocycles. The van der Waals surface area contributed by atoms with Crippen LogP contribution in [0.1, 0.15) is 22.2 Å². The summed E-state index contributed by atoms with van der Waals surface area (Å²) in [4.78, 5) is 0. The van der Waals surface area contributed by atoms with E-state index in [9.17, 15) is 0 Å². The lowest BCUT2D eigenvalue weighted by Gasteiger charge is -2.05. The predicted molar refractivity (Wildman–Crippen MR) is 39.1 cm³/mol. The van der Waals surface area contributed by atoms with Gasteiger partial charge in [-0.1, -0.05) is 13.8 Å². The molecule has 0 aliphatic carbocycles. The third-order valence-corrected chi connectivity index (χ3v) is 1.43. The number of hydrogen-bond donors (Lipinski definition) is 3. The summed E-state index contributed by atoms with van der Waals surface area (Å²) in [6, 6.07) is 0. The van der Waals surface area contributed by atoms with Gasteiger partial charge in [-0.25, -0.2) is 0 Å². The Labute approximate surface area is 56.9 Å². The van der Waals surface area contributed by atoms with E-state index >= 15 is 0 Å². The largest absolute Gasteiger partial charge is 0.307 e. The lowest BCUT2D eigenvalue weighted by Crippen LogP contribution is -2.33. The number of hydrazine groups is 2. The van der Waals surface area contributed by atoms with Gasteiger partial charge < -0.3 is 10.9 Å². The standard InChI is InChI=1S/C6H13N3.H2/c1-4(2)6-5(3)7-9-8-6;/h4,7-9H,1-3H3;1H. The van der Waals surface area contributed by atoms with Gasteiger partial charge in [-0.15, -0.1) is 0 Å². The molecule has 0 saturated carbocycles. The van der Waals surface area contributed by atoms with E-state index in [0.717, 1.165) is 0 Å². The number of hydrogen-bond acceptors (Lipinski definition) is 3. The topological polar surface area (TPSA) is 36.1 Å². The first kappa shape index (κ1) is 6.42. The first-order valence-electron chi connectivity index (χ1n) is 3.19. The van der Waals surface area contributed by atoms with E-state index in [-0.39, 0.29) is 1.43 Å². The number of nitrogens with one attached hydrogen (secondary N) is 3. The van der Waals surface area contributed by atoms with Crippen molar-refractivity contribution in [1.29, 1.82) is 0 Å². The van der Waals surface area contributed by atoms with E-state index in [1.165, 1.54) is 11.4 Å². The summed E-state index contributed by atoms with van der Waals surface area (Å²) in [6.45, 7) is 6.35. The van der Waals surface area contributed by atoms with Crippen molar-refractivity contribution < 1.29 is 1.43 Å². The fourth-order valence-electron chi connectivity index (χ4n) is 0.931. The minimum absolute atomic E-state index is 0. The molecule has 0 fully saturated rings. The van der Waals surface area contributed by atoms with Crippen molar-refractivity contribution in [2.24, 2.45) is 5.92 Å². The Balaban J connectivity index is 0.000000810. The van der Waals surface area contributed by atoms with Crippen LogP contribution in [0.25, 0.3) is 0 Å². The second-order valence-electron chi connectivity index (χ2n) is 2.57. The van der Waals surface area contributed by atoms with Crippen molar-refractivity contribution in [3.05, 3.63) is 11.4 Å². The van der Waals surface area contributed by atoms with Crippen molar-refractivity contribution in [3.63, 3.8) is 0 Å². The molecule has 0 radical (unpaired) electrons. The molecule has 0 aromatic heterocycles. The van der Waals surface area contributed by atoms with Gasteiger partial charge in [-0.3, -0.25) is 0 Å². The number of rotatable bonds is 1. The van der Waals surface area contributed by atoms with Crippen LogP contribution in [-0.2, 0) is 0 Å². The summed E-state index contributed by atoms with van der Waals surface area (Å²) >= 11 is 0.